The van der Waals surface area contributed by atoms with Crippen LogP contribution in [0.1, 0.15) is 38.2 Å². The largest absolute Gasteiger partial charge is 0.490 e. The molecule has 2 N–H and O–H groups in total. The molecule has 2 amide bonds. The molecule has 0 aliphatic rings. The third-order valence-electron chi connectivity index (χ3n) is 4.96. The van der Waals surface area contributed by atoms with Crippen molar-refractivity contribution >= 4 is 23.2 Å². The van der Waals surface area contributed by atoms with E-state index in [0.717, 1.165) is 16.1 Å². The van der Waals surface area contributed by atoms with Gasteiger partial charge in [-0.3, -0.25) is 25.4 Å². The van der Waals surface area contributed by atoms with Crippen LogP contribution in [0.5, 0.6) is 11.5 Å². The number of thiazole rings is 1. The predicted octanol–water partition coefficient (Wildman–Crippen LogP) is 4.57. The van der Waals surface area contributed by atoms with Crippen LogP contribution in [-0.2, 0) is 6.61 Å². The second-order valence-corrected chi connectivity index (χ2v) is 8.45. The zero-order valence-corrected chi connectivity index (χ0v) is 20.1. The van der Waals surface area contributed by atoms with Crippen molar-refractivity contribution in [1.29, 1.82) is 0 Å². The van der Waals surface area contributed by atoms with Gasteiger partial charge in [0.25, 0.3) is 11.8 Å². The number of ether oxygens (including phenoxy) is 2. The van der Waals surface area contributed by atoms with Gasteiger partial charge in [0, 0.05) is 23.5 Å². The number of nitrogens with one attached hydrogen (secondary N) is 2. The summed E-state index contributed by atoms with van der Waals surface area (Å²) < 4.78 is 11.5. The Bertz CT molecular complexity index is 1310. The number of pyridine rings is 1. The van der Waals surface area contributed by atoms with Crippen molar-refractivity contribution in [2.75, 3.05) is 6.61 Å². The fourth-order valence-electron chi connectivity index (χ4n) is 3.23. The van der Waals surface area contributed by atoms with Gasteiger partial charge >= 0.3 is 0 Å². The van der Waals surface area contributed by atoms with E-state index >= 15 is 0 Å². The minimum absolute atomic E-state index is 0.316. The molecule has 178 valence electrons. The zero-order valence-electron chi connectivity index (χ0n) is 19.3. The van der Waals surface area contributed by atoms with Gasteiger partial charge in [-0.1, -0.05) is 30.3 Å². The number of nitrogens with zero attached hydrogens (tertiary/aromatic N) is 2. The maximum atomic E-state index is 12.7. The summed E-state index contributed by atoms with van der Waals surface area (Å²) in [5, 5.41) is 0.739. The van der Waals surface area contributed by atoms with Crippen LogP contribution < -0.4 is 20.3 Å². The lowest BCUT2D eigenvalue weighted by Gasteiger charge is -2.14. The van der Waals surface area contributed by atoms with Gasteiger partial charge in [0.2, 0.25) is 0 Å². The molecule has 0 unspecified atom stereocenters. The van der Waals surface area contributed by atoms with Gasteiger partial charge in [0.05, 0.1) is 12.3 Å². The average molecular weight is 489 g/mol. The summed E-state index contributed by atoms with van der Waals surface area (Å²) in [5.41, 5.74) is 7.72. The molecule has 4 rings (SSSR count). The normalized spacial score (nSPS) is 10.5. The van der Waals surface area contributed by atoms with E-state index in [1.807, 2.05) is 49.4 Å². The molecular formula is C26H24N4O4S. The van der Waals surface area contributed by atoms with E-state index in [9.17, 15) is 9.59 Å². The fraction of sp³-hybridized carbons (Fsp3) is 0.154. The molecule has 35 heavy (non-hydrogen) atoms. The van der Waals surface area contributed by atoms with Crippen LogP contribution in [0.3, 0.4) is 0 Å². The summed E-state index contributed by atoms with van der Waals surface area (Å²) in [6, 6.07) is 18.2. The number of hydrogen-bond donors (Lipinski definition) is 2. The summed E-state index contributed by atoms with van der Waals surface area (Å²) >= 11 is 1.27. The minimum atomic E-state index is -0.481. The maximum absolute atomic E-state index is 12.7. The highest BCUT2D eigenvalue weighted by molar-refractivity contribution is 7.17. The molecule has 0 radical (unpaired) electrons. The van der Waals surface area contributed by atoms with Crippen LogP contribution in [0.2, 0.25) is 0 Å². The molecule has 0 spiro atoms. The topological polar surface area (TPSA) is 102 Å². The monoisotopic (exact) mass is 488 g/mol. The summed E-state index contributed by atoms with van der Waals surface area (Å²) in [7, 11) is 0. The number of carbonyl (C=O) groups excluding carboxylic acids is 2. The van der Waals surface area contributed by atoms with Crippen molar-refractivity contribution in [3.8, 4) is 22.1 Å². The molecule has 0 fully saturated rings. The maximum Gasteiger partial charge on any atom is 0.281 e. The van der Waals surface area contributed by atoms with E-state index in [0.29, 0.717) is 40.8 Å². The predicted molar refractivity (Wildman–Crippen MR) is 133 cm³/mol. The first-order valence-corrected chi connectivity index (χ1v) is 11.8. The Hall–Kier alpha value is -4.24. The number of rotatable bonds is 8. The molecule has 0 aliphatic carbocycles. The molecule has 0 saturated carbocycles. The Kier molecular flexibility index (Phi) is 7.69. The van der Waals surface area contributed by atoms with Crippen LogP contribution >= 0.6 is 11.3 Å². The second kappa shape index (κ2) is 11.3. The van der Waals surface area contributed by atoms with Gasteiger partial charge in [0.15, 0.2) is 11.5 Å². The number of aryl methyl sites for hydroxylation is 1. The molecular weight excluding hydrogens is 464 g/mol. The smallest absolute Gasteiger partial charge is 0.281 e. The fourth-order valence-corrected chi connectivity index (χ4v) is 4.20. The Balaban J connectivity index is 1.40. The molecule has 2 aromatic heterocycles. The third-order valence-corrected chi connectivity index (χ3v) is 6.17. The van der Waals surface area contributed by atoms with E-state index in [2.05, 4.69) is 20.8 Å². The Labute approximate surface area is 206 Å². The van der Waals surface area contributed by atoms with Crippen LogP contribution in [-0.4, -0.2) is 28.4 Å². The molecule has 0 saturated heterocycles. The summed E-state index contributed by atoms with van der Waals surface area (Å²) in [5.74, 6) is 0.0348. The number of hydrogen-bond acceptors (Lipinski definition) is 7. The highest BCUT2D eigenvalue weighted by Gasteiger charge is 2.18. The van der Waals surface area contributed by atoms with Gasteiger partial charge in [-0.15, -0.1) is 11.3 Å². The standard InChI is InChI=1S/C26H24N4O4S/c1-3-33-22-15-20(9-10-21(22)34-16-18-11-13-27-14-12-18)24(31)29-30-25(32)23-17(2)28-26(35-23)19-7-5-4-6-8-19/h4-15H,3,16H2,1-2H3,(H,29,31)(H,30,32). The van der Waals surface area contributed by atoms with Crippen molar-refractivity contribution in [2.45, 2.75) is 20.5 Å². The van der Waals surface area contributed by atoms with E-state index in [1.54, 1.807) is 37.5 Å². The van der Waals surface area contributed by atoms with Gasteiger partial charge in [0.1, 0.15) is 16.5 Å². The first-order valence-electron chi connectivity index (χ1n) is 11.0. The third kappa shape index (κ3) is 6.01. The van der Waals surface area contributed by atoms with Crippen LogP contribution in [0.25, 0.3) is 10.6 Å². The molecule has 4 aromatic rings. The van der Waals surface area contributed by atoms with E-state index < -0.39 is 11.8 Å². The van der Waals surface area contributed by atoms with Crippen LogP contribution in [0, 0.1) is 6.92 Å². The molecule has 0 atom stereocenters. The molecule has 2 heterocycles. The number of amides is 2. The molecule has 0 aliphatic heterocycles. The zero-order chi connectivity index (χ0) is 24.6. The van der Waals surface area contributed by atoms with Gasteiger partial charge in [-0.05, 0) is 49.7 Å². The minimum Gasteiger partial charge on any atom is -0.490 e. The van der Waals surface area contributed by atoms with Crippen molar-refractivity contribution in [1.82, 2.24) is 20.8 Å². The van der Waals surface area contributed by atoms with Crippen molar-refractivity contribution in [3.05, 3.63) is 94.8 Å². The van der Waals surface area contributed by atoms with E-state index in [4.69, 9.17) is 9.47 Å². The van der Waals surface area contributed by atoms with Crippen molar-refractivity contribution in [2.24, 2.45) is 0 Å². The average Bonchev–Trinajstić information content (AvgIpc) is 3.29. The molecule has 0 bridgehead atoms. The number of carbonyl (C=O) groups is 2. The first-order chi connectivity index (χ1) is 17.0. The SMILES string of the molecule is CCOc1cc(C(=O)NNC(=O)c2sc(-c3ccccc3)nc2C)ccc1OCc1ccncc1. The van der Waals surface area contributed by atoms with Crippen LogP contribution in [0.4, 0.5) is 0 Å². The second-order valence-electron chi connectivity index (χ2n) is 7.45. The molecule has 9 heteroatoms. The van der Waals surface area contributed by atoms with Gasteiger partial charge in [-0.2, -0.15) is 0 Å². The lowest BCUT2D eigenvalue weighted by molar-refractivity contribution is 0.0848. The van der Waals surface area contributed by atoms with Crippen molar-refractivity contribution < 1.29 is 19.1 Å². The van der Waals surface area contributed by atoms with Gasteiger partial charge < -0.3 is 9.47 Å². The summed E-state index contributed by atoms with van der Waals surface area (Å²) in [6.07, 6.45) is 3.39. The highest BCUT2D eigenvalue weighted by Crippen LogP contribution is 2.30. The molecule has 2 aromatic carbocycles. The Morgan fingerprint density at radius 3 is 2.40 bits per heavy atom. The number of hydrazine groups is 1. The summed E-state index contributed by atoms with van der Waals surface area (Å²) in [6.45, 7) is 4.35. The number of benzene rings is 2. The van der Waals surface area contributed by atoms with E-state index in [-0.39, 0.29) is 0 Å². The summed E-state index contributed by atoms with van der Waals surface area (Å²) in [4.78, 5) is 34.3. The van der Waals surface area contributed by atoms with Crippen molar-refractivity contribution in [3.63, 3.8) is 0 Å². The van der Waals surface area contributed by atoms with Crippen LogP contribution in [0.15, 0.2) is 73.1 Å². The lowest BCUT2D eigenvalue weighted by Crippen LogP contribution is -2.41. The Morgan fingerprint density at radius 1 is 0.914 bits per heavy atom. The van der Waals surface area contributed by atoms with E-state index in [1.165, 1.54) is 11.3 Å². The van der Waals surface area contributed by atoms with Gasteiger partial charge in [-0.25, -0.2) is 4.98 Å². The lowest BCUT2D eigenvalue weighted by atomic mass is 10.2. The first kappa shape index (κ1) is 23.9. The highest BCUT2D eigenvalue weighted by atomic mass is 32.1. The molecule has 8 nitrogen and oxygen atoms in total. The Morgan fingerprint density at radius 2 is 1.66 bits per heavy atom. The quantitative estimate of drug-likeness (QED) is 0.353. The number of aromatic nitrogens is 2.